The number of hydrogen-bond acceptors (Lipinski definition) is 2. The van der Waals surface area contributed by atoms with Gasteiger partial charge in [0.05, 0.1) is 0 Å². The van der Waals surface area contributed by atoms with Crippen LogP contribution >= 0.6 is 31.9 Å². The van der Waals surface area contributed by atoms with Crippen molar-refractivity contribution in [1.82, 2.24) is 0 Å². The summed E-state index contributed by atoms with van der Waals surface area (Å²) in [6, 6.07) is 5.79. The van der Waals surface area contributed by atoms with E-state index < -0.39 is 5.97 Å². The molecule has 0 atom stereocenters. The first-order valence-electron chi connectivity index (χ1n) is 5.15. The van der Waals surface area contributed by atoms with E-state index in [4.69, 9.17) is 5.11 Å². The maximum Gasteiger partial charge on any atom is 0.331 e. The van der Waals surface area contributed by atoms with Crippen molar-refractivity contribution >= 4 is 43.5 Å². The van der Waals surface area contributed by atoms with Crippen LogP contribution in [0.15, 0.2) is 38.8 Å². The zero-order valence-electron chi connectivity index (χ0n) is 9.34. The van der Waals surface area contributed by atoms with Gasteiger partial charge in [-0.25, -0.2) is 4.79 Å². The second-order valence-corrected chi connectivity index (χ2v) is 5.16. The molecule has 5 heteroatoms. The monoisotopic (exact) mass is 361 g/mol. The highest BCUT2D eigenvalue weighted by atomic mass is 79.9. The number of hydrogen-bond donors (Lipinski definition) is 2. The molecule has 0 unspecified atom stereocenters. The summed E-state index contributed by atoms with van der Waals surface area (Å²) < 4.78 is 1.92. The average molecular weight is 363 g/mol. The first kappa shape index (κ1) is 14.3. The van der Waals surface area contributed by atoms with Crippen molar-refractivity contribution in [2.75, 3.05) is 11.9 Å². The summed E-state index contributed by atoms with van der Waals surface area (Å²) in [4.78, 5) is 10.8. The summed E-state index contributed by atoms with van der Waals surface area (Å²) >= 11 is 6.81. The Labute approximate surface area is 117 Å². The van der Waals surface area contributed by atoms with Crippen molar-refractivity contribution in [3.63, 3.8) is 0 Å². The number of nitrogens with one attached hydrogen (secondary N) is 1. The molecule has 0 spiro atoms. The van der Waals surface area contributed by atoms with Crippen molar-refractivity contribution < 1.29 is 9.90 Å². The minimum Gasteiger partial charge on any atom is -0.478 e. The van der Waals surface area contributed by atoms with Gasteiger partial charge < -0.3 is 10.4 Å². The standard InChI is InChI=1S/C12H13Br2NO2/c1-2-8(12(16)17)5-6-15-11-7-9(13)3-4-10(11)14/h3-5,7,15H,2,6H2,1H3,(H,16,17)/b8-5-. The summed E-state index contributed by atoms with van der Waals surface area (Å²) in [6.07, 6.45) is 2.21. The molecule has 0 saturated heterocycles. The van der Waals surface area contributed by atoms with Crippen LogP contribution in [0.25, 0.3) is 0 Å². The van der Waals surface area contributed by atoms with Crippen LogP contribution in [0.2, 0.25) is 0 Å². The molecule has 1 aromatic carbocycles. The van der Waals surface area contributed by atoms with Gasteiger partial charge in [0.15, 0.2) is 0 Å². The van der Waals surface area contributed by atoms with E-state index in [2.05, 4.69) is 37.2 Å². The fourth-order valence-corrected chi connectivity index (χ4v) is 2.05. The number of carboxylic acid groups (broad SMARTS) is 1. The predicted octanol–water partition coefficient (Wildman–Crippen LogP) is 4.04. The van der Waals surface area contributed by atoms with Crippen LogP contribution in [0.4, 0.5) is 5.69 Å². The molecule has 0 aliphatic heterocycles. The molecule has 0 aliphatic carbocycles. The van der Waals surface area contributed by atoms with Gasteiger partial charge in [-0.1, -0.05) is 28.9 Å². The average Bonchev–Trinajstić information content (AvgIpc) is 2.28. The Bertz CT molecular complexity index is 444. The molecule has 0 aromatic heterocycles. The highest BCUT2D eigenvalue weighted by Gasteiger charge is 2.03. The smallest absolute Gasteiger partial charge is 0.331 e. The van der Waals surface area contributed by atoms with Gasteiger partial charge in [-0.15, -0.1) is 0 Å². The Morgan fingerprint density at radius 1 is 1.47 bits per heavy atom. The van der Waals surface area contributed by atoms with E-state index in [1.165, 1.54) is 0 Å². The summed E-state index contributed by atoms with van der Waals surface area (Å²) in [7, 11) is 0. The molecule has 2 N–H and O–H groups in total. The van der Waals surface area contributed by atoms with E-state index in [1.54, 1.807) is 6.08 Å². The SMILES string of the molecule is CC/C(=C/CNc1cc(Br)ccc1Br)C(=O)O. The highest BCUT2D eigenvalue weighted by Crippen LogP contribution is 2.25. The van der Waals surface area contributed by atoms with Crippen molar-refractivity contribution in [3.05, 3.63) is 38.8 Å². The van der Waals surface area contributed by atoms with E-state index in [1.807, 2.05) is 25.1 Å². The molecule has 0 fully saturated rings. The van der Waals surface area contributed by atoms with Gasteiger partial charge in [0, 0.05) is 26.8 Å². The number of rotatable bonds is 5. The van der Waals surface area contributed by atoms with Crippen molar-refractivity contribution in [2.45, 2.75) is 13.3 Å². The van der Waals surface area contributed by atoms with E-state index in [0.29, 0.717) is 18.5 Å². The van der Waals surface area contributed by atoms with Crippen LogP contribution in [-0.2, 0) is 4.79 Å². The molecule has 0 amide bonds. The first-order valence-corrected chi connectivity index (χ1v) is 6.74. The molecule has 0 saturated carbocycles. The third-order valence-electron chi connectivity index (χ3n) is 2.22. The molecule has 0 radical (unpaired) electrons. The zero-order valence-corrected chi connectivity index (χ0v) is 12.5. The third kappa shape index (κ3) is 4.52. The minimum absolute atomic E-state index is 0.420. The Hall–Kier alpha value is -0.810. The van der Waals surface area contributed by atoms with Gasteiger partial charge in [0.1, 0.15) is 0 Å². The van der Waals surface area contributed by atoms with Crippen LogP contribution in [0, 0.1) is 0 Å². The van der Waals surface area contributed by atoms with Gasteiger partial charge in [0.2, 0.25) is 0 Å². The lowest BCUT2D eigenvalue weighted by Gasteiger charge is -2.07. The van der Waals surface area contributed by atoms with Crippen LogP contribution in [0.1, 0.15) is 13.3 Å². The Morgan fingerprint density at radius 2 is 2.18 bits per heavy atom. The predicted molar refractivity (Wildman–Crippen MR) is 76.3 cm³/mol. The molecule has 17 heavy (non-hydrogen) atoms. The fraction of sp³-hybridized carbons (Fsp3) is 0.250. The number of carbonyl (C=O) groups is 1. The van der Waals surface area contributed by atoms with Gasteiger partial charge in [-0.3, -0.25) is 0 Å². The van der Waals surface area contributed by atoms with Gasteiger partial charge in [-0.05, 0) is 40.5 Å². The zero-order chi connectivity index (χ0) is 12.8. The largest absolute Gasteiger partial charge is 0.478 e. The van der Waals surface area contributed by atoms with Crippen LogP contribution in [0.3, 0.4) is 0 Å². The molecule has 3 nitrogen and oxygen atoms in total. The maximum absolute atomic E-state index is 10.8. The Kier molecular flexibility index (Phi) is 5.71. The maximum atomic E-state index is 10.8. The van der Waals surface area contributed by atoms with E-state index >= 15 is 0 Å². The van der Waals surface area contributed by atoms with E-state index in [-0.39, 0.29) is 0 Å². The molecular formula is C12H13Br2NO2. The minimum atomic E-state index is -0.859. The molecule has 0 bridgehead atoms. The van der Waals surface area contributed by atoms with Crippen LogP contribution in [0.5, 0.6) is 0 Å². The summed E-state index contributed by atoms with van der Waals surface area (Å²) in [5, 5.41) is 12.0. The summed E-state index contributed by atoms with van der Waals surface area (Å²) in [5.41, 5.74) is 1.35. The third-order valence-corrected chi connectivity index (χ3v) is 3.41. The number of aliphatic carboxylic acids is 1. The molecule has 1 rings (SSSR count). The number of benzene rings is 1. The summed E-state index contributed by atoms with van der Waals surface area (Å²) in [5.74, 6) is -0.859. The topological polar surface area (TPSA) is 49.3 Å². The lowest BCUT2D eigenvalue weighted by molar-refractivity contribution is -0.132. The van der Waals surface area contributed by atoms with Crippen molar-refractivity contribution in [3.8, 4) is 0 Å². The van der Waals surface area contributed by atoms with Gasteiger partial charge in [-0.2, -0.15) is 0 Å². The van der Waals surface area contributed by atoms with Crippen LogP contribution in [-0.4, -0.2) is 17.6 Å². The summed E-state index contributed by atoms with van der Waals surface area (Å²) in [6.45, 7) is 2.32. The van der Waals surface area contributed by atoms with E-state index in [0.717, 1.165) is 14.6 Å². The normalized spacial score (nSPS) is 11.4. The number of halogens is 2. The molecule has 0 heterocycles. The first-order chi connectivity index (χ1) is 8.04. The second kappa shape index (κ2) is 6.81. The number of anilines is 1. The Morgan fingerprint density at radius 3 is 2.76 bits per heavy atom. The molecule has 0 aliphatic rings. The van der Waals surface area contributed by atoms with Gasteiger partial charge in [0.25, 0.3) is 0 Å². The molecule has 1 aromatic rings. The lowest BCUT2D eigenvalue weighted by Crippen LogP contribution is -2.05. The Balaban J connectivity index is 2.67. The van der Waals surface area contributed by atoms with Crippen molar-refractivity contribution in [1.29, 1.82) is 0 Å². The lowest BCUT2D eigenvalue weighted by atomic mass is 10.2. The quantitative estimate of drug-likeness (QED) is 0.777. The van der Waals surface area contributed by atoms with Crippen LogP contribution < -0.4 is 5.32 Å². The van der Waals surface area contributed by atoms with E-state index in [9.17, 15) is 4.79 Å². The second-order valence-electron chi connectivity index (χ2n) is 3.39. The highest BCUT2D eigenvalue weighted by molar-refractivity contribution is 9.11. The molecule has 92 valence electrons. The fourth-order valence-electron chi connectivity index (χ4n) is 1.30. The van der Waals surface area contributed by atoms with Crippen molar-refractivity contribution in [2.24, 2.45) is 0 Å². The number of carboxylic acids is 1. The van der Waals surface area contributed by atoms with Gasteiger partial charge >= 0.3 is 5.97 Å². The molecular weight excluding hydrogens is 350 g/mol.